The minimum Gasteiger partial charge on any atom is -0.478 e. The molecule has 1 aliphatic carbocycles. The SMILES string of the molecule is C[C@H]1C[C@@H]1CN(C)c1cc(C(=O)O)cc(Cl)n1. The van der Waals surface area contributed by atoms with Gasteiger partial charge in [0.25, 0.3) is 0 Å². The van der Waals surface area contributed by atoms with E-state index in [0.29, 0.717) is 11.7 Å². The summed E-state index contributed by atoms with van der Waals surface area (Å²) in [6.45, 7) is 3.11. The van der Waals surface area contributed by atoms with Crippen molar-refractivity contribution in [2.75, 3.05) is 18.5 Å². The lowest BCUT2D eigenvalue weighted by Crippen LogP contribution is -2.22. The minimum absolute atomic E-state index is 0.177. The summed E-state index contributed by atoms with van der Waals surface area (Å²) in [6.07, 6.45) is 1.23. The summed E-state index contributed by atoms with van der Waals surface area (Å²) in [5, 5.41) is 9.16. The van der Waals surface area contributed by atoms with Gasteiger partial charge < -0.3 is 10.0 Å². The highest BCUT2D eigenvalue weighted by atomic mass is 35.5. The van der Waals surface area contributed by atoms with Gasteiger partial charge in [-0.15, -0.1) is 0 Å². The Hall–Kier alpha value is -1.29. The Labute approximate surface area is 105 Å². The summed E-state index contributed by atoms with van der Waals surface area (Å²) in [7, 11) is 1.91. The topological polar surface area (TPSA) is 53.4 Å². The molecule has 1 heterocycles. The van der Waals surface area contributed by atoms with Crippen LogP contribution in [0.3, 0.4) is 0 Å². The van der Waals surface area contributed by atoms with E-state index in [4.69, 9.17) is 16.7 Å². The van der Waals surface area contributed by atoms with Gasteiger partial charge in [-0.25, -0.2) is 9.78 Å². The van der Waals surface area contributed by atoms with Crippen molar-refractivity contribution in [3.63, 3.8) is 0 Å². The third-order valence-electron chi connectivity index (χ3n) is 3.20. The molecule has 92 valence electrons. The number of halogens is 1. The van der Waals surface area contributed by atoms with E-state index in [1.807, 2.05) is 11.9 Å². The maximum absolute atomic E-state index is 10.9. The van der Waals surface area contributed by atoms with E-state index in [2.05, 4.69) is 11.9 Å². The summed E-state index contributed by atoms with van der Waals surface area (Å²) in [5.41, 5.74) is 0.177. The second-order valence-electron chi connectivity index (χ2n) is 4.70. The van der Waals surface area contributed by atoms with Crippen molar-refractivity contribution in [1.82, 2.24) is 4.98 Å². The minimum atomic E-state index is -0.983. The van der Waals surface area contributed by atoms with Gasteiger partial charge in [0.15, 0.2) is 0 Å². The predicted molar refractivity (Wildman–Crippen MR) is 66.7 cm³/mol. The summed E-state index contributed by atoms with van der Waals surface area (Å²) in [6, 6.07) is 2.92. The van der Waals surface area contributed by atoms with Crippen LogP contribution in [0.1, 0.15) is 23.7 Å². The molecule has 0 amide bonds. The molecule has 5 heteroatoms. The summed E-state index contributed by atoms with van der Waals surface area (Å²) >= 11 is 5.82. The van der Waals surface area contributed by atoms with Crippen LogP contribution in [0, 0.1) is 11.8 Å². The third kappa shape index (κ3) is 2.88. The number of aromatic carboxylic acids is 1. The monoisotopic (exact) mass is 254 g/mol. The van der Waals surface area contributed by atoms with E-state index in [0.717, 1.165) is 12.5 Å². The van der Waals surface area contributed by atoms with Gasteiger partial charge in [-0.2, -0.15) is 0 Å². The van der Waals surface area contributed by atoms with Crippen LogP contribution in [-0.4, -0.2) is 29.7 Å². The van der Waals surface area contributed by atoms with Gasteiger partial charge in [0.05, 0.1) is 5.56 Å². The fourth-order valence-electron chi connectivity index (χ4n) is 1.90. The van der Waals surface area contributed by atoms with Crippen LogP contribution in [0.25, 0.3) is 0 Å². The van der Waals surface area contributed by atoms with Crippen LogP contribution < -0.4 is 4.90 Å². The molecule has 1 N–H and O–H groups in total. The fourth-order valence-corrected chi connectivity index (χ4v) is 2.10. The van der Waals surface area contributed by atoms with Gasteiger partial charge in [0.1, 0.15) is 11.0 Å². The van der Waals surface area contributed by atoms with Crippen molar-refractivity contribution in [2.45, 2.75) is 13.3 Å². The molecule has 1 aliphatic rings. The number of anilines is 1. The molecular formula is C12H15ClN2O2. The lowest BCUT2D eigenvalue weighted by Gasteiger charge is -2.18. The molecule has 17 heavy (non-hydrogen) atoms. The molecule has 1 aromatic heterocycles. The van der Waals surface area contributed by atoms with E-state index >= 15 is 0 Å². The molecule has 0 aliphatic heterocycles. The highest BCUT2D eigenvalue weighted by Crippen LogP contribution is 2.38. The molecular weight excluding hydrogens is 240 g/mol. The van der Waals surface area contributed by atoms with Crippen molar-refractivity contribution in [3.05, 3.63) is 22.8 Å². The molecule has 0 radical (unpaired) electrons. The van der Waals surface area contributed by atoms with E-state index in [1.54, 1.807) is 6.07 Å². The second kappa shape index (κ2) is 4.53. The van der Waals surface area contributed by atoms with Crippen LogP contribution in [0.15, 0.2) is 12.1 Å². The molecule has 0 aromatic carbocycles. The molecule has 0 unspecified atom stereocenters. The molecule has 1 saturated carbocycles. The summed E-state index contributed by atoms with van der Waals surface area (Å²) in [4.78, 5) is 17.0. The lowest BCUT2D eigenvalue weighted by molar-refractivity contribution is 0.0697. The van der Waals surface area contributed by atoms with E-state index in [9.17, 15) is 4.79 Å². The maximum Gasteiger partial charge on any atom is 0.335 e. The van der Waals surface area contributed by atoms with Gasteiger partial charge in [-0.05, 0) is 30.4 Å². The van der Waals surface area contributed by atoms with E-state index < -0.39 is 5.97 Å². The Morgan fingerprint density at radius 3 is 2.82 bits per heavy atom. The largest absolute Gasteiger partial charge is 0.478 e. The first-order chi connectivity index (χ1) is 7.97. The molecule has 0 bridgehead atoms. The first-order valence-electron chi connectivity index (χ1n) is 5.59. The highest BCUT2D eigenvalue weighted by Gasteiger charge is 2.33. The number of rotatable bonds is 4. The molecule has 0 saturated heterocycles. The molecule has 1 fully saturated rings. The fraction of sp³-hybridized carbons (Fsp3) is 0.500. The Morgan fingerprint density at radius 2 is 2.29 bits per heavy atom. The average Bonchev–Trinajstić information content (AvgIpc) is 2.93. The number of hydrogen-bond donors (Lipinski definition) is 1. The Morgan fingerprint density at radius 1 is 1.65 bits per heavy atom. The number of nitrogens with zero attached hydrogens (tertiary/aromatic N) is 2. The third-order valence-corrected chi connectivity index (χ3v) is 3.40. The summed E-state index contributed by atoms with van der Waals surface area (Å²) < 4.78 is 0. The quantitative estimate of drug-likeness (QED) is 0.839. The number of aromatic nitrogens is 1. The number of hydrogen-bond acceptors (Lipinski definition) is 3. The van der Waals surface area contributed by atoms with Crippen LogP contribution in [0.4, 0.5) is 5.82 Å². The lowest BCUT2D eigenvalue weighted by atomic mass is 10.2. The molecule has 0 spiro atoms. The first kappa shape index (κ1) is 12.2. The second-order valence-corrected chi connectivity index (χ2v) is 5.08. The molecule has 1 aromatic rings. The highest BCUT2D eigenvalue weighted by molar-refractivity contribution is 6.29. The van der Waals surface area contributed by atoms with Gasteiger partial charge >= 0.3 is 5.97 Å². The first-order valence-corrected chi connectivity index (χ1v) is 5.97. The average molecular weight is 255 g/mol. The zero-order valence-electron chi connectivity index (χ0n) is 9.85. The van der Waals surface area contributed by atoms with Crippen LogP contribution in [-0.2, 0) is 0 Å². The molecule has 2 atom stereocenters. The van der Waals surface area contributed by atoms with Crippen molar-refractivity contribution in [3.8, 4) is 0 Å². The van der Waals surface area contributed by atoms with Crippen molar-refractivity contribution < 1.29 is 9.90 Å². The van der Waals surface area contributed by atoms with E-state index in [1.165, 1.54) is 12.5 Å². The summed E-state index contributed by atoms with van der Waals surface area (Å²) in [5.74, 6) is 1.09. The van der Waals surface area contributed by atoms with E-state index in [-0.39, 0.29) is 10.7 Å². The van der Waals surface area contributed by atoms with Crippen molar-refractivity contribution in [1.29, 1.82) is 0 Å². The van der Waals surface area contributed by atoms with Gasteiger partial charge in [0, 0.05) is 13.6 Å². The van der Waals surface area contributed by atoms with Crippen LogP contribution in [0.5, 0.6) is 0 Å². The maximum atomic E-state index is 10.9. The molecule has 2 rings (SSSR count). The Kier molecular flexibility index (Phi) is 3.24. The Bertz CT molecular complexity index is 450. The van der Waals surface area contributed by atoms with Crippen LogP contribution in [0.2, 0.25) is 5.15 Å². The van der Waals surface area contributed by atoms with Crippen LogP contribution >= 0.6 is 11.6 Å². The van der Waals surface area contributed by atoms with Gasteiger partial charge in [0.2, 0.25) is 0 Å². The normalized spacial score (nSPS) is 22.3. The smallest absolute Gasteiger partial charge is 0.335 e. The standard InChI is InChI=1S/C12H15ClN2O2/c1-7-3-9(7)6-15(2)11-5-8(12(16)17)4-10(13)14-11/h4-5,7,9H,3,6H2,1-2H3,(H,16,17)/t7-,9+/m0/s1. The Balaban J connectivity index is 2.16. The van der Waals surface area contributed by atoms with Crippen molar-refractivity contribution in [2.24, 2.45) is 11.8 Å². The zero-order chi connectivity index (χ0) is 12.6. The predicted octanol–water partition coefficient (Wildman–Crippen LogP) is 2.53. The number of carbonyl (C=O) groups is 1. The zero-order valence-corrected chi connectivity index (χ0v) is 10.6. The van der Waals surface area contributed by atoms with Gasteiger partial charge in [-0.3, -0.25) is 0 Å². The number of pyridine rings is 1. The van der Waals surface area contributed by atoms with Crippen molar-refractivity contribution >= 4 is 23.4 Å². The number of carboxylic acids is 1. The molecule has 4 nitrogen and oxygen atoms in total. The number of carboxylic acid groups (broad SMARTS) is 1. The van der Waals surface area contributed by atoms with Gasteiger partial charge in [-0.1, -0.05) is 18.5 Å².